The normalized spacial score (nSPS) is 10.5. The van der Waals surface area contributed by atoms with Crippen molar-refractivity contribution >= 4 is 16.3 Å². The van der Waals surface area contributed by atoms with Crippen LogP contribution in [0.3, 0.4) is 0 Å². The number of anilines is 1. The van der Waals surface area contributed by atoms with Gasteiger partial charge < -0.3 is 4.55 Å². The van der Waals surface area contributed by atoms with Crippen LogP contribution in [0, 0.1) is 13.8 Å². The van der Waals surface area contributed by atoms with E-state index in [1.807, 2.05) is 0 Å². The van der Waals surface area contributed by atoms with Crippen LogP contribution in [0.15, 0.2) is 0 Å². The van der Waals surface area contributed by atoms with E-state index in [-0.39, 0.29) is 35.5 Å². The average molecular weight is 226 g/mol. The van der Waals surface area contributed by atoms with Gasteiger partial charge in [-0.1, -0.05) is 0 Å². The van der Waals surface area contributed by atoms with Crippen molar-refractivity contribution in [1.29, 1.82) is 0 Å². The van der Waals surface area contributed by atoms with Gasteiger partial charge in [0.25, 0.3) is 5.95 Å². The minimum Gasteiger partial charge on any atom is -0.731 e. The molecule has 0 radical (unpaired) electrons. The Morgan fingerprint density at radius 1 is 1.21 bits per heavy atom. The fourth-order valence-corrected chi connectivity index (χ4v) is 0.922. The summed E-state index contributed by atoms with van der Waals surface area (Å²) in [6.45, 7) is 3.30. The Bertz CT molecular complexity index is 421. The van der Waals surface area contributed by atoms with Gasteiger partial charge in [0.2, 0.25) is 0 Å². The second kappa shape index (κ2) is 4.99. The summed E-state index contributed by atoms with van der Waals surface area (Å²) in [7, 11) is -4.57. The molecule has 0 bridgehead atoms. The Balaban J connectivity index is 0.00000169. The summed E-state index contributed by atoms with van der Waals surface area (Å²) in [4.78, 5) is 3.69. The topological polar surface area (TPSA) is 108 Å². The number of aromatic nitrogens is 3. The zero-order valence-electron chi connectivity index (χ0n) is 7.97. The van der Waals surface area contributed by atoms with Crippen LogP contribution in [0.1, 0.15) is 11.4 Å². The quantitative estimate of drug-likeness (QED) is 0.411. The molecule has 0 saturated carbocycles. The fraction of sp³-hybridized carbons (Fsp3) is 0.400. The summed E-state index contributed by atoms with van der Waals surface area (Å²) in [6, 6.07) is 0. The second-order valence-corrected chi connectivity index (χ2v) is 3.47. The summed E-state index contributed by atoms with van der Waals surface area (Å²) in [6.07, 6.45) is 0. The van der Waals surface area contributed by atoms with Gasteiger partial charge in [-0.3, -0.25) is 4.72 Å². The summed E-state index contributed by atoms with van der Waals surface area (Å²) in [5.74, 6) is -0.307. The predicted octanol–water partition coefficient (Wildman–Crippen LogP) is -3.64. The smallest absolute Gasteiger partial charge is 0.731 e. The number of aryl methyl sites for hydroxylation is 2. The molecule has 1 aromatic heterocycles. The molecule has 0 fully saturated rings. The molecule has 0 aliphatic heterocycles. The van der Waals surface area contributed by atoms with Crippen LogP contribution in [0.4, 0.5) is 5.95 Å². The van der Waals surface area contributed by atoms with Gasteiger partial charge in [0.15, 0.2) is 10.3 Å². The van der Waals surface area contributed by atoms with Crippen molar-refractivity contribution in [3.05, 3.63) is 11.4 Å². The van der Waals surface area contributed by atoms with E-state index < -0.39 is 10.3 Å². The fourth-order valence-electron chi connectivity index (χ4n) is 0.612. The molecule has 0 aliphatic rings. The molecule has 72 valence electrons. The van der Waals surface area contributed by atoms with Crippen LogP contribution in [0.5, 0.6) is 0 Å². The van der Waals surface area contributed by atoms with Crippen molar-refractivity contribution in [2.75, 3.05) is 4.72 Å². The van der Waals surface area contributed by atoms with Crippen molar-refractivity contribution < 1.29 is 42.5 Å². The number of hydrogen-bond donors (Lipinski definition) is 1. The SMILES string of the molecule is Cc1nnc(NS(=O)(=O)[O-])nc1C.[Na+]. The zero-order chi connectivity index (χ0) is 10.1. The number of hydrogen-bond acceptors (Lipinski definition) is 6. The largest absolute Gasteiger partial charge is 1.00 e. The minimum absolute atomic E-state index is 0. The van der Waals surface area contributed by atoms with Crippen molar-refractivity contribution in [2.24, 2.45) is 0 Å². The van der Waals surface area contributed by atoms with Gasteiger partial charge in [0, 0.05) is 0 Å². The maximum Gasteiger partial charge on any atom is 1.00 e. The standard InChI is InChI=1S/C5H8N4O3S.Na/c1-3-4(2)7-8-5(6-3)9-13(10,11)12;/h1-2H3,(H,6,8,9)(H,10,11,12);/q;+1/p-1. The van der Waals surface area contributed by atoms with Crippen LogP contribution < -0.4 is 34.3 Å². The summed E-state index contributed by atoms with van der Waals surface area (Å²) in [5, 5.41) is 6.96. The van der Waals surface area contributed by atoms with Crippen molar-refractivity contribution in [2.45, 2.75) is 13.8 Å². The Labute approximate surface area is 104 Å². The molecular formula is C5H7N4NaO3S. The van der Waals surface area contributed by atoms with E-state index in [9.17, 15) is 13.0 Å². The third-order valence-electron chi connectivity index (χ3n) is 1.31. The van der Waals surface area contributed by atoms with Crippen LogP contribution in [-0.2, 0) is 10.3 Å². The summed E-state index contributed by atoms with van der Waals surface area (Å²) in [5.41, 5.74) is 1.09. The van der Waals surface area contributed by atoms with Gasteiger partial charge in [-0.25, -0.2) is 13.4 Å². The van der Waals surface area contributed by atoms with Crippen molar-refractivity contribution in [3.63, 3.8) is 0 Å². The molecule has 0 aromatic carbocycles. The number of rotatable bonds is 2. The van der Waals surface area contributed by atoms with Crippen LogP contribution in [0.2, 0.25) is 0 Å². The number of nitrogens with one attached hydrogen (secondary N) is 1. The maximum atomic E-state index is 10.2. The molecule has 0 spiro atoms. The van der Waals surface area contributed by atoms with E-state index in [2.05, 4.69) is 15.2 Å². The van der Waals surface area contributed by atoms with Crippen LogP contribution >= 0.6 is 0 Å². The maximum absolute atomic E-state index is 10.2. The van der Waals surface area contributed by atoms with Crippen molar-refractivity contribution in [1.82, 2.24) is 15.2 Å². The Morgan fingerprint density at radius 2 is 1.79 bits per heavy atom. The molecule has 14 heavy (non-hydrogen) atoms. The third-order valence-corrected chi connectivity index (χ3v) is 1.74. The van der Waals surface area contributed by atoms with Crippen LogP contribution in [-0.4, -0.2) is 28.2 Å². The van der Waals surface area contributed by atoms with Gasteiger partial charge >= 0.3 is 29.6 Å². The van der Waals surface area contributed by atoms with Gasteiger partial charge in [-0.2, -0.15) is 5.10 Å². The van der Waals surface area contributed by atoms with Gasteiger partial charge in [0.1, 0.15) is 0 Å². The van der Waals surface area contributed by atoms with Crippen LogP contribution in [0.25, 0.3) is 0 Å². The monoisotopic (exact) mass is 226 g/mol. The molecule has 0 unspecified atom stereocenters. The van der Waals surface area contributed by atoms with E-state index in [1.54, 1.807) is 18.6 Å². The van der Waals surface area contributed by atoms with Gasteiger partial charge in [-0.05, 0) is 13.8 Å². The predicted molar refractivity (Wildman–Crippen MR) is 42.6 cm³/mol. The molecule has 9 heteroatoms. The van der Waals surface area contributed by atoms with E-state index >= 15 is 0 Å². The Kier molecular flexibility index (Phi) is 4.89. The van der Waals surface area contributed by atoms with E-state index in [0.717, 1.165) is 0 Å². The van der Waals surface area contributed by atoms with Crippen molar-refractivity contribution in [3.8, 4) is 0 Å². The van der Waals surface area contributed by atoms with E-state index in [0.29, 0.717) is 11.4 Å². The molecule has 1 heterocycles. The number of nitrogens with zero attached hydrogens (tertiary/aromatic N) is 3. The zero-order valence-corrected chi connectivity index (χ0v) is 10.8. The molecule has 7 nitrogen and oxygen atoms in total. The first-order valence-corrected chi connectivity index (χ1v) is 4.71. The molecule has 1 rings (SSSR count). The molecule has 1 N–H and O–H groups in total. The van der Waals surface area contributed by atoms with Gasteiger partial charge in [-0.15, -0.1) is 5.10 Å². The molecule has 0 atom stereocenters. The Hall–Kier alpha value is -0.280. The van der Waals surface area contributed by atoms with E-state index in [1.165, 1.54) is 0 Å². The average Bonchev–Trinajstić information content (AvgIpc) is 1.94. The second-order valence-electron chi connectivity index (χ2n) is 2.36. The molecule has 0 amide bonds. The molecule has 0 saturated heterocycles. The first-order chi connectivity index (χ1) is 5.88. The van der Waals surface area contributed by atoms with E-state index in [4.69, 9.17) is 0 Å². The van der Waals surface area contributed by atoms with Gasteiger partial charge in [0.05, 0.1) is 11.4 Å². The Morgan fingerprint density at radius 3 is 2.21 bits per heavy atom. The third kappa shape index (κ3) is 4.29. The first kappa shape index (κ1) is 13.7. The molecule has 0 aliphatic carbocycles. The minimum atomic E-state index is -4.57. The summed E-state index contributed by atoms with van der Waals surface area (Å²) >= 11 is 0. The molecular weight excluding hydrogens is 219 g/mol. The first-order valence-electron chi connectivity index (χ1n) is 3.30. The molecule has 1 aromatic rings. The summed E-state index contributed by atoms with van der Waals surface area (Å²) < 4.78 is 32.2.